The Balaban J connectivity index is 2.03. The van der Waals surface area contributed by atoms with Crippen LogP contribution in [0.2, 0.25) is 0 Å². The number of carbonyl (C=O) groups excluding carboxylic acids is 1. The fraction of sp³-hybridized carbons (Fsp3) is 0.571. The van der Waals surface area contributed by atoms with Gasteiger partial charge in [-0.2, -0.15) is 11.8 Å². The maximum Gasteiger partial charge on any atom is 0.255 e. The van der Waals surface area contributed by atoms with Crippen LogP contribution in [0.15, 0.2) is 12.3 Å². The number of nitrogens with one attached hydrogen (secondary N) is 2. The molecule has 1 saturated carbocycles. The van der Waals surface area contributed by atoms with Gasteiger partial charge < -0.3 is 10.6 Å². The van der Waals surface area contributed by atoms with Gasteiger partial charge in [-0.15, -0.1) is 0 Å². The molecule has 5 heteroatoms. The molecule has 4 nitrogen and oxygen atoms in total. The highest BCUT2D eigenvalue weighted by atomic mass is 32.2. The first-order valence-corrected chi connectivity index (χ1v) is 7.80. The number of nitrogens with zero attached hydrogens (tertiary/aromatic N) is 1. The zero-order chi connectivity index (χ0) is 13.9. The molecule has 1 aromatic heterocycles. The molecule has 1 aliphatic rings. The third-order valence-corrected chi connectivity index (χ3v) is 5.24. The van der Waals surface area contributed by atoms with Crippen LogP contribution in [-0.2, 0) is 0 Å². The van der Waals surface area contributed by atoms with E-state index in [0.29, 0.717) is 5.56 Å². The molecule has 1 heterocycles. The SMILES string of the molecule is CNc1cc(C)ncc1C(=O)NCC1(SC)CCC1. The van der Waals surface area contributed by atoms with Crippen LogP contribution in [0.3, 0.4) is 0 Å². The van der Waals surface area contributed by atoms with E-state index in [4.69, 9.17) is 0 Å². The van der Waals surface area contributed by atoms with Crippen molar-refractivity contribution >= 4 is 23.4 Å². The van der Waals surface area contributed by atoms with Crippen molar-refractivity contribution in [1.82, 2.24) is 10.3 Å². The lowest BCUT2D eigenvalue weighted by Crippen LogP contribution is -2.45. The van der Waals surface area contributed by atoms with E-state index in [1.165, 1.54) is 19.3 Å². The molecule has 1 amide bonds. The molecule has 0 unspecified atom stereocenters. The quantitative estimate of drug-likeness (QED) is 0.869. The highest BCUT2D eigenvalue weighted by molar-refractivity contribution is 8.00. The zero-order valence-electron chi connectivity index (χ0n) is 11.7. The van der Waals surface area contributed by atoms with Gasteiger partial charge in [-0.05, 0) is 32.1 Å². The maximum absolute atomic E-state index is 12.2. The van der Waals surface area contributed by atoms with Crippen LogP contribution in [0.5, 0.6) is 0 Å². The van der Waals surface area contributed by atoms with Crippen LogP contribution in [0, 0.1) is 6.92 Å². The average molecular weight is 279 g/mol. The van der Waals surface area contributed by atoms with Crippen LogP contribution < -0.4 is 10.6 Å². The van der Waals surface area contributed by atoms with E-state index in [2.05, 4.69) is 21.9 Å². The molecule has 0 aliphatic heterocycles. The Labute approximate surface area is 118 Å². The highest BCUT2D eigenvalue weighted by Gasteiger charge is 2.36. The Morgan fingerprint density at radius 1 is 1.53 bits per heavy atom. The summed E-state index contributed by atoms with van der Waals surface area (Å²) in [5, 5.41) is 6.10. The van der Waals surface area contributed by atoms with Crippen molar-refractivity contribution in [1.29, 1.82) is 0 Å². The number of carbonyl (C=O) groups is 1. The number of pyridine rings is 1. The standard InChI is InChI=1S/C14H21N3OS/c1-10-7-12(15-2)11(8-16-10)13(18)17-9-14(19-3)5-4-6-14/h7-8H,4-6,9H2,1-3H3,(H,15,16)(H,17,18). The number of hydrogen-bond acceptors (Lipinski definition) is 4. The van der Waals surface area contributed by atoms with Gasteiger partial charge in [0.05, 0.1) is 11.3 Å². The Morgan fingerprint density at radius 2 is 2.26 bits per heavy atom. The molecule has 104 valence electrons. The molecule has 0 saturated heterocycles. The predicted octanol–water partition coefficient (Wildman–Crippen LogP) is 2.45. The summed E-state index contributed by atoms with van der Waals surface area (Å²) in [6, 6.07) is 1.89. The van der Waals surface area contributed by atoms with Crippen LogP contribution >= 0.6 is 11.8 Å². The third kappa shape index (κ3) is 3.03. The summed E-state index contributed by atoms with van der Waals surface area (Å²) >= 11 is 1.86. The second-order valence-electron chi connectivity index (χ2n) is 5.04. The summed E-state index contributed by atoms with van der Waals surface area (Å²) in [6.45, 7) is 2.66. The molecule has 2 rings (SSSR count). The molecule has 2 N–H and O–H groups in total. The minimum absolute atomic E-state index is 0.0443. The third-order valence-electron chi connectivity index (χ3n) is 3.82. The molecular formula is C14H21N3OS. The lowest BCUT2D eigenvalue weighted by Gasteiger charge is -2.40. The minimum atomic E-state index is -0.0443. The molecule has 0 aromatic carbocycles. The monoisotopic (exact) mass is 279 g/mol. The maximum atomic E-state index is 12.2. The number of rotatable bonds is 5. The first-order valence-electron chi connectivity index (χ1n) is 6.58. The molecule has 0 radical (unpaired) electrons. The Morgan fingerprint density at radius 3 is 2.79 bits per heavy atom. The van der Waals surface area contributed by atoms with Gasteiger partial charge in [-0.1, -0.05) is 6.42 Å². The first kappa shape index (κ1) is 14.2. The molecule has 19 heavy (non-hydrogen) atoms. The second-order valence-corrected chi connectivity index (χ2v) is 6.32. The van der Waals surface area contributed by atoms with Crippen LogP contribution in [0.25, 0.3) is 0 Å². The normalized spacial score (nSPS) is 16.6. The summed E-state index contributed by atoms with van der Waals surface area (Å²) in [7, 11) is 1.82. The molecule has 1 aliphatic carbocycles. The topological polar surface area (TPSA) is 54.0 Å². The lowest BCUT2D eigenvalue weighted by molar-refractivity contribution is 0.0944. The number of aromatic nitrogens is 1. The summed E-state index contributed by atoms with van der Waals surface area (Å²) in [4.78, 5) is 16.4. The fourth-order valence-corrected chi connectivity index (χ4v) is 3.22. The van der Waals surface area contributed by atoms with Crippen molar-refractivity contribution in [3.05, 3.63) is 23.5 Å². The van der Waals surface area contributed by atoms with Gasteiger partial charge in [0.1, 0.15) is 0 Å². The van der Waals surface area contributed by atoms with Crippen LogP contribution in [0.1, 0.15) is 35.3 Å². The van der Waals surface area contributed by atoms with Gasteiger partial charge >= 0.3 is 0 Å². The van der Waals surface area contributed by atoms with Crippen molar-refractivity contribution in [2.75, 3.05) is 25.2 Å². The van der Waals surface area contributed by atoms with Crippen LogP contribution in [-0.4, -0.2) is 35.5 Å². The Kier molecular flexibility index (Phi) is 4.34. The number of amides is 1. The van der Waals surface area contributed by atoms with E-state index in [1.54, 1.807) is 6.20 Å². The number of thioether (sulfide) groups is 1. The van der Waals surface area contributed by atoms with Gasteiger partial charge in [-0.25, -0.2) is 0 Å². The summed E-state index contributed by atoms with van der Waals surface area (Å²) in [6.07, 6.45) is 7.42. The van der Waals surface area contributed by atoms with Gasteiger partial charge in [0.25, 0.3) is 5.91 Å². The summed E-state index contributed by atoms with van der Waals surface area (Å²) in [5.41, 5.74) is 2.35. The van der Waals surface area contributed by atoms with Gasteiger partial charge in [-0.3, -0.25) is 9.78 Å². The molecule has 0 atom stereocenters. The largest absolute Gasteiger partial charge is 0.387 e. The minimum Gasteiger partial charge on any atom is -0.387 e. The predicted molar refractivity (Wildman–Crippen MR) is 81.0 cm³/mol. The van der Waals surface area contributed by atoms with E-state index in [1.807, 2.05) is 31.8 Å². The molecule has 0 spiro atoms. The summed E-state index contributed by atoms with van der Waals surface area (Å²) < 4.78 is 0.258. The van der Waals surface area contributed by atoms with Crippen molar-refractivity contribution < 1.29 is 4.79 Å². The van der Waals surface area contributed by atoms with Crippen molar-refractivity contribution in [2.45, 2.75) is 30.9 Å². The van der Waals surface area contributed by atoms with Gasteiger partial charge in [0, 0.05) is 30.2 Å². The van der Waals surface area contributed by atoms with Crippen molar-refractivity contribution in [3.63, 3.8) is 0 Å². The second kappa shape index (κ2) is 5.82. The molecule has 0 bridgehead atoms. The Hall–Kier alpha value is -1.23. The fourth-order valence-electron chi connectivity index (χ4n) is 2.31. The number of hydrogen-bond donors (Lipinski definition) is 2. The number of anilines is 1. The average Bonchev–Trinajstić information content (AvgIpc) is 2.37. The van der Waals surface area contributed by atoms with Crippen LogP contribution in [0.4, 0.5) is 5.69 Å². The zero-order valence-corrected chi connectivity index (χ0v) is 12.6. The van der Waals surface area contributed by atoms with E-state index in [0.717, 1.165) is 17.9 Å². The highest BCUT2D eigenvalue weighted by Crippen LogP contribution is 2.42. The van der Waals surface area contributed by atoms with E-state index in [9.17, 15) is 4.79 Å². The number of aryl methyl sites for hydroxylation is 1. The van der Waals surface area contributed by atoms with Crippen molar-refractivity contribution in [3.8, 4) is 0 Å². The van der Waals surface area contributed by atoms with E-state index < -0.39 is 0 Å². The van der Waals surface area contributed by atoms with E-state index in [-0.39, 0.29) is 10.7 Å². The Bertz CT molecular complexity index is 466. The lowest BCUT2D eigenvalue weighted by atomic mass is 9.84. The molecule has 1 aromatic rings. The van der Waals surface area contributed by atoms with Crippen molar-refractivity contribution in [2.24, 2.45) is 0 Å². The molecular weight excluding hydrogens is 258 g/mol. The van der Waals surface area contributed by atoms with Gasteiger partial charge in [0.15, 0.2) is 0 Å². The molecule has 1 fully saturated rings. The first-order chi connectivity index (χ1) is 9.10. The smallest absolute Gasteiger partial charge is 0.255 e. The van der Waals surface area contributed by atoms with E-state index >= 15 is 0 Å². The van der Waals surface area contributed by atoms with Gasteiger partial charge in [0.2, 0.25) is 0 Å². The summed E-state index contributed by atoms with van der Waals surface area (Å²) in [5.74, 6) is -0.0443.